The number of amides is 1. The van der Waals surface area contributed by atoms with E-state index in [-0.39, 0.29) is 17.9 Å². The Morgan fingerprint density at radius 1 is 1.08 bits per heavy atom. The van der Waals surface area contributed by atoms with Crippen LogP contribution in [0.1, 0.15) is 53.2 Å². The van der Waals surface area contributed by atoms with Crippen LogP contribution in [0, 0.1) is 0 Å². The Balaban J connectivity index is 1.24. The van der Waals surface area contributed by atoms with Crippen molar-refractivity contribution < 1.29 is 22.4 Å². The van der Waals surface area contributed by atoms with Crippen molar-refractivity contribution in [1.82, 2.24) is 30.2 Å². The molecule has 4 rings (SSSR count). The van der Waals surface area contributed by atoms with Crippen molar-refractivity contribution in [3.8, 4) is 0 Å². The number of hydrogen-bond donors (Lipinski definition) is 2. The number of aromatic nitrogens is 4. The second-order valence-corrected chi connectivity index (χ2v) is 8.58. The summed E-state index contributed by atoms with van der Waals surface area (Å²) in [7, 11) is 0. The van der Waals surface area contributed by atoms with Gasteiger partial charge in [-0.2, -0.15) is 13.2 Å². The van der Waals surface area contributed by atoms with E-state index in [1.165, 1.54) is 18.5 Å². The minimum absolute atomic E-state index is 0.00383. The molecule has 4 aromatic rings. The molecule has 37 heavy (non-hydrogen) atoms. The van der Waals surface area contributed by atoms with Crippen molar-refractivity contribution in [1.29, 1.82) is 0 Å². The van der Waals surface area contributed by atoms with Gasteiger partial charge in [0.2, 0.25) is 0 Å². The van der Waals surface area contributed by atoms with Gasteiger partial charge in [-0.15, -0.1) is 0 Å². The van der Waals surface area contributed by atoms with Gasteiger partial charge in [0, 0.05) is 38.7 Å². The van der Waals surface area contributed by atoms with Gasteiger partial charge in [0.25, 0.3) is 5.91 Å². The quantitative estimate of drug-likeness (QED) is 0.270. The average Bonchev–Trinajstić information content (AvgIpc) is 3.50. The second kappa shape index (κ2) is 12.0. The number of carbonyl (C=O) groups excluding carboxylic acids is 1. The molecule has 0 aliphatic carbocycles. The molecule has 0 spiro atoms. The Hall–Kier alpha value is -3.73. The first-order chi connectivity index (χ1) is 17.9. The number of pyridine rings is 1. The molecular formula is C26H29F3N6O2. The predicted molar refractivity (Wildman–Crippen MR) is 132 cm³/mol. The van der Waals surface area contributed by atoms with E-state index in [0.29, 0.717) is 18.9 Å². The maximum Gasteiger partial charge on any atom is 0.418 e. The van der Waals surface area contributed by atoms with Gasteiger partial charge in [0.1, 0.15) is 12.1 Å². The van der Waals surface area contributed by atoms with E-state index in [0.717, 1.165) is 55.3 Å². The summed E-state index contributed by atoms with van der Waals surface area (Å²) in [5, 5.41) is 5.76. The van der Waals surface area contributed by atoms with Crippen LogP contribution >= 0.6 is 0 Å². The van der Waals surface area contributed by atoms with Crippen LogP contribution in [-0.2, 0) is 32.1 Å². The highest BCUT2D eigenvalue weighted by Gasteiger charge is 2.33. The number of hydrogen-bond acceptors (Lipinski definition) is 6. The molecule has 0 unspecified atom stereocenters. The van der Waals surface area contributed by atoms with Crippen LogP contribution in [0.2, 0.25) is 0 Å². The van der Waals surface area contributed by atoms with Crippen LogP contribution in [0.5, 0.6) is 0 Å². The number of unbranched alkanes of at least 4 members (excludes halogenated alkanes) is 1. The highest BCUT2D eigenvalue weighted by Crippen LogP contribution is 2.30. The van der Waals surface area contributed by atoms with Gasteiger partial charge in [-0.05, 0) is 30.7 Å². The minimum Gasteiger partial charge on any atom is -0.448 e. The SMILES string of the molecule is CCCCn1c(CCNCCc2nc(C(=O)NCc3ncccc3C(F)(F)F)co2)nc2ccccc21. The Morgan fingerprint density at radius 2 is 1.89 bits per heavy atom. The zero-order valence-corrected chi connectivity index (χ0v) is 20.5. The molecule has 0 aliphatic heterocycles. The van der Waals surface area contributed by atoms with Crippen molar-refractivity contribution in [2.45, 2.75) is 51.9 Å². The molecule has 0 fully saturated rings. The van der Waals surface area contributed by atoms with Gasteiger partial charge in [-0.25, -0.2) is 9.97 Å². The van der Waals surface area contributed by atoms with Crippen molar-refractivity contribution in [3.05, 3.63) is 77.5 Å². The maximum absolute atomic E-state index is 13.1. The molecule has 0 bridgehead atoms. The molecule has 0 aliphatic rings. The van der Waals surface area contributed by atoms with Gasteiger partial charge < -0.3 is 19.6 Å². The van der Waals surface area contributed by atoms with Crippen molar-refractivity contribution in [2.24, 2.45) is 0 Å². The number of para-hydroxylation sites is 2. The fraction of sp³-hybridized carbons (Fsp3) is 0.385. The molecule has 0 saturated carbocycles. The number of halogens is 3. The van der Waals surface area contributed by atoms with Gasteiger partial charge in [-0.3, -0.25) is 9.78 Å². The van der Waals surface area contributed by atoms with Crippen LogP contribution in [0.15, 0.2) is 53.3 Å². The number of aryl methyl sites for hydroxylation is 1. The smallest absolute Gasteiger partial charge is 0.418 e. The molecule has 196 valence electrons. The van der Waals surface area contributed by atoms with Crippen molar-refractivity contribution in [3.63, 3.8) is 0 Å². The molecule has 0 radical (unpaired) electrons. The Bertz CT molecular complexity index is 1330. The van der Waals surface area contributed by atoms with Crippen molar-refractivity contribution >= 4 is 16.9 Å². The molecule has 8 nitrogen and oxygen atoms in total. The lowest BCUT2D eigenvalue weighted by Crippen LogP contribution is -2.25. The lowest BCUT2D eigenvalue weighted by atomic mass is 10.2. The number of nitrogens with zero attached hydrogens (tertiary/aromatic N) is 4. The number of carbonyl (C=O) groups is 1. The van der Waals surface area contributed by atoms with Crippen LogP contribution < -0.4 is 10.6 Å². The number of alkyl halides is 3. The summed E-state index contributed by atoms with van der Waals surface area (Å²) in [4.78, 5) is 25.0. The number of rotatable bonds is 12. The Morgan fingerprint density at radius 3 is 2.70 bits per heavy atom. The zero-order chi connectivity index (χ0) is 26.3. The van der Waals surface area contributed by atoms with E-state index in [1.807, 2.05) is 18.2 Å². The van der Waals surface area contributed by atoms with E-state index in [4.69, 9.17) is 9.40 Å². The largest absolute Gasteiger partial charge is 0.448 e. The maximum atomic E-state index is 13.1. The van der Waals surface area contributed by atoms with Crippen LogP contribution in [-0.4, -0.2) is 38.5 Å². The molecule has 2 N–H and O–H groups in total. The summed E-state index contributed by atoms with van der Waals surface area (Å²) in [5.41, 5.74) is 0.998. The molecule has 3 aromatic heterocycles. The number of fused-ring (bicyclic) bond motifs is 1. The third kappa shape index (κ3) is 6.73. The monoisotopic (exact) mass is 514 g/mol. The number of oxazole rings is 1. The number of benzene rings is 1. The molecular weight excluding hydrogens is 485 g/mol. The second-order valence-electron chi connectivity index (χ2n) is 8.58. The standard InChI is InChI=1S/C26H29F3N6O2/c1-2-3-15-35-22-9-5-4-8-19(22)33-23(35)10-13-30-14-11-24-34-21(17-37-24)25(36)32-16-20-18(26(27,28)29)7-6-12-31-20/h4-9,12,17,30H,2-3,10-11,13-16H2,1H3,(H,32,36). The van der Waals surface area contributed by atoms with Gasteiger partial charge in [0.15, 0.2) is 11.6 Å². The first kappa shape index (κ1) is 26.3. The van der Waals surface area contributed by atoms with Gasteiger partial charge >= 0.3 is 6.18 Å². The summed E-state index contributed by atoms with van der Waals surface area (Å²) in [6, 6.07) is 10.3. The fourth-order valence-electron chi connectivity index (χ4n) is 4.02. The molecule has 3 heterocycles. The van der Waals surface area contributed by atoms with Crippen LogP contribution in [0.4, 0.5) is 13.2 Å². The van der Waals surface area contributed by atoms with Gasteiger partial charge in [-0.1, -0.05) is 25.5 Å². The predicted octanol–water partition coefficient (Wildman–Crippen LogP) is 4.54. The first-order valence-electron chi connectivity index (χ1n) is 12.3. The first-order valence-corrected chi connectivity index (χ1v) is 12.3. The summed E-state index contributed by atoms with van der Waals surface area (Å²) < 4.78 is 46.9. The highest BCUT2D eigenvalue weighted by atomic mass is 19.4. The Kier molecular flexibility index (Phi) is 8.54. The molecule has 0 saturated heterocycles. The van der Waals surface area contributed by atoms with E-state index >= 15 is 0 Å². The fourth-order valence-corrected chi connectivity index (χ4v) is 4.02. The summed E-state index contributed by atoms with van der Waals surface area (Å²) in [6.07, 6.45) is 1.32. The van der Waals surface area contributed by atoms with Crippen molar-refractivity contribution in [2.75, 3.05) is 13.1 Å². The molecule has 11 heteroatoms. The topological polar surface area (TPSA) is 97.9 Å². The number of nitrogens with one attached hydrogen (secondary N) is 2. The molecule has 1 aromatic carbocycles. The summed E-state index contributed by atoms with van der Waals surface area (Å²) in [5.74, 6) is 0.771. The third-order valence-corrected chi connectivity index (χ3v) is 5.91. The van der Waals surface area contributed by atoms with Crippen LogP contribution in [0.3, 0.4) is 0 Å². The third-order valence-electron chi connectivity index (χ3n) is 5.91. The Labute approximate surface area is 212 Å². The van der Waals surface area contributed by atoms with E-state index in [2.05, 4.69) is 38.2 Å². The van der Waals surface area contributed by atoms with Gasteiger partial charge in [0.05, 0.1) is 28.8 Å². The van der Waals surface area contributed by atoms with Crippen LogP contribution in [0.25, 0.3) is 11.0 Å². The average molecular weight is 515 g/mol. The summed E-state index contributed by atoms with van der Waals surface area (Å²) in [6.45, 7) is 4.03. The number of imidazole rings is 1. The lowest BCUT2D eigenvalue weighted by molar-refractivity contribution is -0.138. The molecule has 0 atom stereocenters. The lowest BCUT2D eigenvalue weighted by Gasteiger charge is -2.11. The minimum atomic E-state index is -4.55. The van der Waals surface area contributed by atoms with E-state index in [9.17, 15) is 18.0 Å². The van der Waals surface area contributed by atoms with E-state index in [1.54, 1.807) is 0 Å². The zero-order valence-electron chi connectivity index (χ0n) is 20.5. The molecule has 1 amide bonds. The highest BCUT2D eigenvalue weighted by molar-refractivity contribution is 5.91. The summed E-state index contributed by atoms with van der Waals surface area (Å²) >= 11 is 0. The van der Waals surface area contributed by atoms with E-state index < -0.39 is 17.6 Å². The normalized spacial score (nSPS) is 11.8.